The molecule has 1 heterocycles. The van der Waals surface area contributed by atoms with Crippen molar-refractivity contribution < 1.29 is 14.7 Å². The number of carbonyl (C=O) groups is 2. The quantitative estimate of drug-likeness (QED) is 0.825. The van der Waals surface area contributed by atoms with Crippen LogP contribution in [0.25, 0.3) is 10.9 Å². The van der Waals surface area contributed by atoms with E-state index in [1.54, 1.807) is 14.0 Å². The molecule has 0 unspecified atom stereocenters. The molecular formula is C14H18N2O3. The second kappa shape index (κ2) is 6.70. The summed E-state index contributed by atoms with van der Waals surface area (Å²) in [4.78, 5) is 20.3. The number of aldehydes is 1. The van der Waals surface area contributed by atoms with Crippen LogP contribution in [0.1, 0.15) is 17.3 Å². The fourth-order valence-corrected chi connectivity index (χ4v) is 1.50. The summed E-state index contributed by atoms with van der Waals surface area (Å²) in [6, 6.07) is 7.25. The second-order valence-corrected chi connectivity index (χ2v) is 4.21. The molecule has 19 heavy (non-hydrogen) atoms. The molecule has 0 radical (unpaired) electrons. The zero-order valence-corrected chi connectivity index (χ0v) is 11.3. The number of nitrogens with one attached hydrogen (secondary N) is 1. The van der Waals surface area contributed by atoms with Crippen LogP contribution in [0.3, 0.4) is 0 Å². The largest absolute Gasteiger partial charge is 0.480 e. The summed E-state index contributed by atoms with van der Waals surface area (Å²) in [6.07, 6.45) is 2.85. The number of aryl methyl sites for hydroxylation is 1. The molecule has 1 aromatic heterocycles. The van der Waals surface area contributed by atoms with Crippen LogP contribution in [0.15, 0.2) is 30.5 Å². The summed E-state index contributed by atoms with van der Waals surface area (Å²) < 4.78 is 2.03. The molecule has 0 saturated heterocycles. The Morgan fingerprint density at radius 2 is 2.11 bits per heavy atom. The van der Waals surface area contributed by atoms with Gasteiger partial charge in [0.05, 0.1) is 0 Å². The van der Waals surface area contributed by atoms with Crippen molar-refractivity contribution in [2.24, 2.45) is 7.05 Å². The molecule has 1 atom stereocenters. The number of hydrogen-bond donors (Lipinski definition) is 2. The summed E-state index contributed by atoms with van der Waals surface area (Å²) in [6.45, 7) is 1.59. The number of carboxylic acid groups (broad SMARTS) is 1. The van der Waals surface area contributed by atoms with E-state index in [1.165, 1.54) is 0 Å². The Morgan fingerprint density at radius 3 is 2.58 bits per heavy atom. The van der Waals surface area contributed by atoms with Gasteiger partial charge >= 0.3 is 5.97 Å². The Hall–Kier alpha value is -2.14. The molecule has 0 fully saturated rings. The molecule has 5 heteroatoms. The molecule has 0 aliphatic heterocycles. The summed E-state index contributed by atoms with van der Waals surface area (Å²) in [5.74, 6) is -0.817. The van der Waals surface area contributed by atoms with E-state index in [1.807, 2.05) is 42.1 Å². The minimum Gasteiger partial charge on any atom is -0.480 e. The van der Waals surface area contributed by atoms with Gasteiger partial charge in [-0.1, -0.05) is 0 Å². The van der Waals surface area contributed by atoms with Crippen molar-refractivity contribution in [3.63, 3.8) is 0 Å². The van der Waals surface area contributed by atoms with Crippen LogP contribution in [-0.4, -0.2) is 35.0 Å². The van der Waals surface area contributed by atoms with Gasteiger partial charge in [-0.2, -0.15) is 0 Å². The van der Waals surface area contributed by atoms with E-state index in [0.717, 1.165) is 22.8 Å². The van der Waals surface area contributed by atoms with Crippen molar-refractivity contribution in [2.45, 2.75) is 13.0 Å². The van der Waals surface area contributed by atoms with E-state index >= 15 is 0 Å². The van der Waals surface area contributed by atoms with Crippen LogP contribution in [0.5, 0.6) is 0 Å². The van der Waals surface area contributed by atoms with E-state index in [2.05, 4.69) is 5.32 Å². The lowest BCUT2D eigenvalue weighted by Gasteiger charge is -1.99. The summed E-state index contributed by atoms with van der Waals surface area (Å²) in [7, 11) is 3.60. The Labute approximate surface area is 111 Å². The van der Waals surface area contributed by atoms with Gasteiger partial charge in [0.25, 0.3) is 0 Å². The third-order valence-electron chi connectivity index (χ3n) is 2.85. The molecule has 5 nitrogen and oxygen atoms in total. The van der Waals surface area contributed by atoms with Crippen molar-refractivity contribution in [1.29, 1.82) is 0 Å². The highest BCUT2D eigenvalue weighted by atomic mass is 16.4. The van der Waals surface area contributed by atoms with Crippen LogP contribution in [0, 0.1) is 0 Å². The first-order chi connectivity index (χ1) is 8.99. The van der Waals surface area contributed by atoms with E-state index < -0.39 is 12.0 Å². The van der Waals surface area contributed by atoms with Crippen molar-refractivity contribution in [2.75, 3.05) is 7.05 Å². The van der Waals surface area contributed by atoms with Crippen molar-refractivity contribution in [1.82, 2.24) is 9.88 Å². The lowest BCUT2D eigenvalue weighted by molar-refractivity contribution is -0.138. The van der Waals surface area contributed by atoms with Gasteiger partial charge in [-0.3, -0.25) is 9.59 Å². The zero-order valence-electron chi connectivity index (χ0n) is 11.3. The smallest absolute Gasteiger partial charge is 0.320 e. The first-order valence-corrected chi connectivity index (χ1v) is 5.90. The average molecular weight is 262 g/mol. The van der Waals surface area contributed by atoms with E-state index in [4.69, 9.17) is 5.11 Å². The number of fused-ring (bicyclic) bond motifs is 1. The highest BCUT2D eigenvalue weighted by Crippen LogP contribution is 2.15. The van der Waals surface area contributed by atoms with Gasteiger partial charge in [-0.15, -0.1) is 0 Å². The van der Waals surface area contributed by atoms with Gasteiger partial charge in [0, 0.05) is 29.7 Å². The molecule has 2 rings (SSSR count). The maximum Gasteiger partial charge on any atom is 0.320 e. The van der Waals surface area contributed by atoms with E-state index in [-0.39, 0.29) is 0 Å². The lowest BCUT2D eigenvalue weighted by Crippen LogP contribution is -2.29. The molecule has 102 valence electrons. The number of benzene rings is 1. The van der Waals surface area contributed by atoms with Gasteiger partial charge in [-0.25, -0.2) is 0 Å². The zero-order chi connectivity index (χ0) is 14.4. The Bertz CT molecular complexity index is 575. The molecule has 0 saturated carbocycles. The fourth-order valence-electron chi connectivity index (χ4n) is 1.50. The molecule has 0 amide bonds. The first-order valence-electron chi connectivity index (χ1n) is 5.90. The van der Waals surface area contributed by atoms with Crippen molar-refractivity contribution in [3.05, 3.63) is 36.0 Å². The van der Waals surface area contributed by atoms with Gasteiger partial charge in [0.15, 0.2) is 0 Å². The number of hydrogen-bond acceptors (Lipinski definition) is 3. The van der Waals surface area contributed by atoms with Gasteiger partial charge in [-0.05, 0) is 38.2 Å². The number of aromatic nitrogens is 1. The molecule has 2 aromatic rings. The highest BCUT2D eigenvalue weighted by molar-refractivity contribution is 5.87. The third-order valence-corrected chi connectivity index (χ3v) is 2.85. The van der Waals surface area contributed by atoms with Crippen LogP contribution in [-0.2, 0) is 11.8 Å². The van der Waals surface area contributed by atoms with Gasteiger partial charge in [0.1, 0.15) is 12.3 Å². The highest BCUT2D eigenvalue weighted by Gasteiger charge is 2.04. The standard InChI is InChI=1S/C10H9NO.C4H9NO2/c1-11-5-4-9-6-8(7-12)2-3-10(9)11;1-3(5-2)4(6)7/h2-7H,1H3;3,5H,1-2H3,(H,6,7)/t;3-/m.0/s1. The Balaban J connectivity index is 0.000000224. The first kappa shape index (κ1) is 14.9. The number of likely N-dealkylation sites (N-methyl/N-ethyl adjacent to an activating group) is 1. The molecule has 0 spiro atoms. The van der Waals surface area contributed by atoms with Crippen LogP contribution < -0.4 is 5.32 Å². The summed E-state index contributed by atoms with van der Waals surface area (Å²) in [5.41, 5.74) is 1.88. The van der Waals surface area contributed by atoms with Gasteiger partial charge in [0.2, 0.25) is 0 Å². The molecule has 0 aliphatic carbocycles. The predicted molar refractivity (Wildman–Crippen MR) is 74.5 cm³/mol. The monoisotopic (exact) mass is 262 g/mol. The van der Waals surface area contributed by atoms with Crippen LogP contribution in [0.4, 0.5) is 0 Å². The van der Waals surface area contributed by atoms with E-state index in [0.29, 0.717) is 0 Å². The Morgan fingerprint density at radius 1 is 1.42 bits per heavy atom. The number of nitrogens with zero attached hydrogens (tertiary/aromatic N) is 1. The van der Waals surface area contributed by atoms with Crippen molar-refractivity contribution >= 4 is 23.2 Å². The normalized spacial score (nSPS) is 11.5. The van der Waals surface area contributed by atoms with Gasteiger partial charge < -0.3 is 15.0 Å². The second-order valence-electron chi connectivity index (χ2n) is 4.21. The lowest BCUT2D eigenvalue weighted by atomic mass is 10.2. The predicted octanol–water partition coefficient (Wildman–Crippen LogP) is 1.67. The van der Waals surface area contributed by atoms with Crippen LogP contribution >= 0.6 is 0 Å². The van der Waals surface area contributed by atoms with E-state index in [9.17, 15) is 9.59 Å². The number of rotatable bonds is 3. The van der Waals surface area contributed by atoms with Crippen LogP contribution in [0.2, 0.25) is 0 Å². The van der Waals surface area contributed by atoms with Crippen molar-refractivity contribution in [3.8, 4) is 0 Å². The third kappa shape index (κ3) is 3.93. The number of aliphatic carboxylic acids is 1. The summed E-state index contributed by atoms with van der Waals surface area (Å²) >= 11 is 0. The molecule has 0 bridgehead atoms. The maximum atomic E-state index is 10.5. The number of carboxylic acids is 1. The number of carbonyl (C=O) groups excluding carboxylic acids is 1. The molecular weight excluding hydrogens is 244 g/mol. The fraction of sp³-hybridized carbons (Fsp3) is 0.286. The SMILES string of the molecule is CN[C@@H](C)C(=O)O.Cn1ccc2cc(C=O)ccc21. The summed E-state index contributed by atoms with van der Waals surface area (Å²) in [5, 5.41) is 11.8. The minimum atomic E-state index is -0.817. The minimum absolute atomic E-state index is 0.431. The molecule has 2 N–H and O–H groups in total. The molecule has 0 aliphatic rings. The average Bonchev–Trinajstić information content (AvgIpc) is 2.79. The maximum absolute atomic E-state index is 10.5. The Kier molecular flexibility index (Phi) is 5.26. The topological polar surface area (TPSA) is 71.3 Å². The molecule has 1 aromatic carbocycles.